The number of hydrogen-bond donors (Lipinski definition) is 1. The number of thiophene rings is 1. The molecule has 2 aromatic heterocycles. The summed E-state index contributed by atoms with van der Waals surface area (Å²) in [7, 11) is -2.95. The van der Waals surface area contributed by atoms with Gasteiger partial charge in [-0.3, -0.25) is 0 Å². The van der Waals surface area contributed by atoms with Crippen molar-refractivity contribution < 1.29 is 8.42 Å². The fourth-order valence-electron chi connectivity index (χ4n) is 2.76. The predicted octanol–water partition coefficient (Wildman–Crippen LogP) is 2.46. The number of fused-ring (bicyclic) bond motifs is 1. The van der Waals surface area contributed by atoms with Gasteiger partial charge in [-0.25, -0.2) is 18.4 Å². The Morgan fingerprint density at radius 3 is 3.00 bits per heavy atom. The third kappa shape index (κ3) is 2.78. The van der Waals surface area contributed by atoms with Crippen LogP contribution in [0.4, 0.5) is 5.82 Å². The number of aromatic nitrogens is 2. The summed E-state index contributed by atoms with van der Waals surface area (Å²) in [5.41, 5.74) is 0. The number of nitrogens with one attached hydrogen (secondary N) is 1. The van der Waals surface area contributed by atoms with Gasteiger partial charge in [-0.1, -0.05) is 6.42 Å². The summed E-state index contributed by atoms with van der Waals surface area (Å²) < 4.78 is 23.4. The lowest BCUT2D eigenvalue weighted by atomic mass is 9.95. The molecule has 20 heavy (non-hydrogen) atoms. The first kappa shape index (κ1) is 13.8. The Kier molecular flexibility index (Phi) is 3.64. The highest BCUT2D eigenvalue weighted by Gasteiger charge is 2.29. The van der Waals surface area contributed by atoms with E-state index in [-0.39, 0.29) is 11.3 Å². The average molecular weight is 311 g/mol. The molecule has 0 saturated heterocycles. The maximum Gasteiger partial charge on any atom is 0.150 e. The number of nitrogens with zero attached hydrogens (tertiary/aromatic N) is 2. The third-order valence-corrected chi connectivity index (χ3v) is 6.29. The lowest BCUT2D eigenvalue weighted by molar-refractivity contribution is 0.452. The first-order chi connectivity index (χ1) is 9.54. The van der Waals surface area contributed by atoms with Crippen molar-refractivity contribution in [2.75, 3.05) is 11.6 Å². The van der Waals surface area contributed by atoms with E-state index in [0.717, 1.165) is 35.3 Å². The predicted molar refractivity (Wildman–Crippen MR) is 81.9 cm³/mol. The molecular formula is C13H17N3O2S2. The SMILES string of the molecule is CS(=O)(=O)C1CCCC(Nc2ncnc3sccc23)C1. The molecule has 2 heterocycles. The second-order valence-corrected chi connectivity index (χ2v) is 8.54. The van der Waals surface area contributed by atoms with Crippen LogP contribution in [0.3, 0.4) is 0 Å². The second-order valence-electron chi connectivity index (χ2n) is 5.32. The lowest BCUT2D eigenvalue weighted by Crippen LogP contribution is -2.34. The summed E-state index contributed by atoms with van der Waals surface area (Å²) in [6.07, 6.45) is 6.25. The van der Waals surface area contributed by atoms with Crippen molar-refractivity contribution in [3.05, 3.63) is 17.8 Å². The Morgan fingerprint density at radius 1 is 1.35 bits per heavy atom. The largest absolute Gasteiger partial charge is 0.367 e. The van der Waals surface area contributed by atoms with Gasteiger partial charge < -0.3 is 5.32 Å². The molecule has 0 aliphatic heterocycles. The Morgan fingerprint density at radius 2 is 2.20 bits per heavy atom. The molecule has 0 aromatic carbocycles. The van der Waals surface area contributed by atoms with Gasteiger partial charge in [-0.2, -0.15) is 0 Å². The smallest absolute Gasteiger partial charge is 0.150 e. The van der Waals surface area contributed by atoms with Gasteiger partial charge in [0.05, 0.1) is 10.6 Å². The molecule has 5 nitrogen and oxygen atoms in total. The quantitative estimate of drug-likeness (QED) is 0.942. The summed E-state index contributed by atoms with van der Waals surface area (Å²) in [6, 6.07) is 2.17. The normalized spacial score (nSPS) is 23.9. The van der Waals surface area contributed by atoms with Crippen molar-refractivity contribution in [3.8, 4) is 0 Å². The van der Waals surface area contributed by atoms with Gasteiger partial charge in [0.15, 0.2) is 0 Å². The third-order valence-electron chi connectivity index (χ3n) is 3.83. The Labute approximate surface area is 122 Å². The summed E-state index contributed by atoms with van der Waals surface area (Å²) in [6.45, 7) is 0. The molecule has 2 atom stereocenters. The average Bonchev–Trinajstić information content (AvgIpc) is 2.87. The van der Waals surface area contributed by atoms with Gasteiger partial charge in [0.1, 0.15) is 26.8 Å². The Bertz CT molecular complexity index is 711. The van der Waals surface area contributed by atoms with Crippen LogP contribution in [0.15, 0.2) is 17.8 Å². The van der Waals surface area contributed by atoms with Crippen LogP contribution in [0.5, 0.6) is 0 Å². The molecule has 0 spiro atoms. The number of hydrogen-bond acceptors (Lipinski definition) is 6. The van der Waals surface area contributed by atoms with E-state index in [1.165, 1.54) is 6.26 Å². The van der Waals surface area contributed by atoms with Crippen LogP contribution < -0.4 is 5.32 Å². The zero-order valence-electron chi connectivity index (χ0n) is 11.2. The summed E-state index contributed by atoms with van der Waals surface area (Å²) in [4.78, 5) is 9.47. The van der Waals surface area contributed by atoms with E-state index in [1.54, 1.807) is 17.7 Å². The van der Waals surface area contributed by atoms with E-state index < -0.39 is 9.84 Å². The Balaban J connectivity index is 1.79. The van der Waals surface area contributed by atoms with Crippen molar-refractivity contribution >= 4 is 37.2 Å². The maximum atomic E-state index is 11.7. The molecule has 108 valence electrons. The summed E-state index contributed by atoms with van der Waals surface area (Å²) >= 11 is 1.58. The summed E-state index contributed by atoms with van der Waals surface area (Å²) in [5, 5.41) is 6.18. The highest BCUT2D eigenvalue weighted by atomic mass is 32.2. The van der Waals surface area contributed by atoms with Gasteiger partial charge >= 0.3 is 0 Å². The van der Waals surface area contributed by atoms with Crippen LogP contribution in [0, 0.1) is 0 Å². The first-order valence-corrected chi connectivity index (χ1v) is 9.51. The van der Waals surface area contributed by atoms with E-state index >= 15 is 0 Å². The number of rotatable bonds is 3. The standard InChI is InChI=1S/C13H17N3O2S2/c1-20(17,18)10-4-2-3-9(7-10)16-12-11-5-6-19-13(11)15-8-14-12/h5-6,8-10H,2-4,7H2,1H3,(H,14,15,16). The number of sulfone groups is 1. The van der Waals surface area contributed by atoms with Crippen LogP contribution >= 0.6 is 11.3 Å². The van der Waals surface area contributed by atoms with E-state index in [4.69, 9.17) is 0 Å². The maximum absolute atomic E-state index is 11.7. The second kappa shape index (κ2) is 5.29. The minimum Gasteiger partial charge on any atom is -0.367 e. The van der Waals surface area contributed by atoms with Crippen LogP contribution in [0.25, 0.3) is 10.2 Å². The van der Waals surface area contributed by atoms with Crippen molar-refractivity contribution in [1.82, 2.24) is 9.97 Å². The molecule has 2 unspecified atom stereocenters. The van der Waals surface area contributed by atoms with Gasteiger partial charge in [-0.05, 0) is 30.7 Å². The first-order valence-electron chi connectivity index (χ1n) is 6.67. The van der Waals surface area contributed by atoms with Crippen molar-refractivity contribution in [3.63, 3.8) is 0 Å². The fourth-order valence-corrected chi connectivity index (χ4v) is 4.67. The molecule has 1 N–H and O–H groups in total. The van der Waals surface area contributed by atoms with Crippen molar-refractivity contribution in [2.24, 2.45) is 0 Å². The van der Waals surface area contributed by atoms with E-state index in [2.05, 4.69) is 15.3 Å². The molecule has 3 rings (SSSR count). The van der Waals surface area contributed by atoms with Gasteiger partial charge in [0.25, 0.3) is 0 Å². The molecule has 1 fully saturated rings. The molecule has 1 saturated carbocycles. The van der Waals surface area contributed by atoms with Gasteiger partial charge in [0, 0.05) is 12.3 Å². The summed E-state index contributed by atoms with van der Waals surface area (Å²) in [5.74, 6) is 0.815. The van der Waals surface area contributed by atoms with Crippen molar-refractivity contribution in [1.29, 1.82) is 0 Å². The van der Waals surface area contributed by atoms with E-state index in [0.29, 0.717) is 6.42 Å². The van der Waals surface area contributed by atoms with E-state index in [1.807, 2.05) is 11.4 Å². The molecule has 7 heteroatoms. The minimum absolute atomic E-state index is 0.168. The minimum atomic E-state index is -2.95. The zero-order chi connectivity index (χ0) is 14.2. The van der Waals surface area contributed by atoms with E-state index in [9.17, 15) is 8.42 Å². The van der Waals surface area contributed by atoms with Gasteiger partial charge in [0.2, 0.25) is 0 Å². The molecule has 0 bridgehead atoms. The zero-order valence-corrected chi connectivity index (χ0v) is 12.9. The molecule has 1 aliphatic rings. The van der Waals surface area contributed by atoms with Crippen LogP contribution in [-0.2, 0) is 9.84 Å². The van der Waals surface area contributed by atoms with Crippen LogP contribution in [0.1, 0.15) is 25.7 Å². The van der Waals surface area contributed by atoms with Crippen molar-refractivity contribution in [2.45, 2.75) is 37.0 Å². The molecule has 2 aromatic rings. The highest BCUT2D eigenvalue weighted by Crippen LogP contribution is 2.29. The Hall–Kier alpha value is -1.21. The van der Waals surface area contributed by atoms with Crippen LogP contribution in [0.2, 0.25) is 0 Å². The van der Waals surface area contributed by atoms with Crippen LogP contribution in [-0.4, -0.2) is 35.9 Å². The fraction of sp³-hybridized carbons (Fsp3) is 0.538. The monoisotopic (exact) mass is 311 g/mol. The molecule has 0 amide bonds. The number of anilines is 1. The van der Waals surface area contributed by atoms with Gasteiger partial charge in [-0.15, -0.1) is 11.3 Å². The molecule has 1 aliphatic carbocycles. The topological polar surface area (TPSA) is 72.0 Å². The highest BCUT2D eigenvalue weighted by molar-refractivity contribution is 7.91. The molecule has 0 radical (unpaired) electrons. The lowest BCUT2D eigenvalue weighted by Gasteiger charge is -2.29. The molecular weight excluding hydrogens is 294 g/mol.